The summed E-state index contributed by atoms with van der Waals surface area (Å²) in [6.07, 6.45) is 0. The molecule has 0 fully saturated rings. The summed E-state index contributed by atoms with van der Waals surface area (Å²) in [5, 5.41) is 5.10. The monoisotopic (exact) mass is 805 g/mol. The van der Waals surface area contributed by atoms with Crippen LogP contribution in [0.2, 0.25) is 0 Å². The highest BCUT2D eigenvalue weighted by Gasteiger charge is 2.37. The van der Waals surface area contributed by atoms with Crippen molar-refractivity contribution in [3.8, 4) is 55.6 Å². The number of hydrogen-bond donors (Lipinski definition) is 0. The van der Waals surface area contributed by atoms with Gasteiger partial charge in [0.25, 0.3) is 0 Å². The smallest absolute Gasteiger partial charge is 0.0462 e. The largest absolute Gasteiger partial charge is 0.311 e. The van der Waals surface area contributed by atoms with Crippen LogP contribution in [-0.4, -0.2) is 0 Å². The number of fused-ring (bicyclic) bond motifs is 9. The maximum absolute atomic E-state index is 2.41. The third-order valence-corrected chi connectivity index (χ3v) is 14.3. The lowest BCUT2D eigenvalue weighted by Gasteiger charge is -2.27. The molecule has 0 unspecified atom stereocenters. The van der Waals surface area contributed by atoms with Gasteiger partial charge in [0.15, 0.2) is 0 Å². The molecule has 0 radical (unpaired) electrons. The summed E-state index contributed by atoms with van der Waals surface area (Å²) in [5.74, 6) is 0. The summed E-state index contributed by atoms with van der Waals surface area (Å²) in [4.78, 5) is 2.39. The van der Waals surface area contributed by atoms with Crippen molar-refractivity contribution in [3.05, 3.63) is 235 Å². The summed E-state index contributed by atoms with van der Waals surface area (Å²) >= 11 is 0. The highest BCUT2D eigenvalue weighted by atomic mass is 15.1. The van der Waals surface area contributed by atoms with E-state index in [0.717, 1.165) is 17.1 Å². The molecule has 2 aliphatic rings. The molecule has 0 aliphatic heterocycles. The Kier molecular flexibility index (Phi) is 8.30. The molecule has 12 rings (SSSR count). The van der Waals surface area contributed by atoms with E-state index < -0.39 is 0 Å². The lowest BCUT2D eigenvalue weighted by atomic mass is 9.79. The molecule has 0 aromatic heterocycles. The van der Waals surface area contributed by atoms with Gasteiger partial charge in [-0.3, -0.25) is 0 Å². The third-order valence-electron chi connectivity index (χ3n) is 14.3. The van der Waals surface area contributed by atoms with E-state index in [2.05, 4.69) is 245 Å². The maximum atomic E-state index is 2.41. The molecule has 0 bridgehead atoms. The Balaban J connectivity index is 0.936. The van der Waals surface area contributed by atoms with Crippen molar-refractivity contribution in [2.75, 3.05) is 4.90 Å². The summed E-state index contributed by atoms with van der Waals surface area (Å²) in [6.45, 7) is 9.44. The molecule has 1 heteroatoms. The number of benzene rings is 10. The Morgan fingerprint density at radius 3 is 1.46 bits per heavy atom. The van der Waals surface area contributed by atoms with Crippen molar-refractivity contribution >= 4 is 38.6 Å². The molecule has 10 aromatic rings. The van der Waals surface area contributed by atoms with Crippen LogP contribution in [0, 0.1) is 0 Å². The van der Waals surface area contributed by atoms with Crippen LogP contribution in [0.3, 0.4) is 0 Å². The lowest BCUT2D eigenvalue weighted by Crippen LogP contribution is -2.16. The van der Waals surface area contributed by atoms with Gasteiger partial charge in [-0.15, -0.1) is 0 Å². The maximum Gasteiger partial charge on any atom is 0.0462 e. The Labute approximate surface area is 370 Å². The van der Waals surface area contributed by atoms with Crippen LogP contribution in [-0.2, 0) is 10.8 Å². The summed E-state index contributed by atoms with van der Waals surface area (Å²) < 4.78 is 0. The van der Waals surface area contributed by atoms with Gasteiger partial charge in [-0.2, -0.15) is 0 Å². The number of nitrogens with zero attached hydrogens (tertiary/aromatic N) is 1. The molecule has 2 aliphatic carbocycles. The second-order valence-electron chi connectivity index (χ2n) is 18.5. The molecule has 10 aromatic carbocycles. The fraction of sp³-hybridized carbons (Fsp3) is 0.0968. The first-order valence-corrected chi connectivity index (χ1v) is 22.3. The van der Waals surface area contributed by atoms with E-state index in [0.29, 0.717) is 0 Å². The van der Waals surface area contributed by atoms with E-state index in [4.69, 9.17) is 0 Å². The summed E-state index contributed by atoms with van der Waals surface area (Å²) in [7, 11) is 0. The van der Waals surface area contributed by atoms with Crippen molar-refractivity contribution in [2.24, 2.45) is 0 Å². The van der Waals surface area contributed by atoms with Gasteiger partial charge in [0, 0.05) is 27.9 Å². The highest BCUT2D eigenvalue weighted by Crippen LogP contribution is 2.53. The Hall–Kier alpha value is -7.48. The molecule has 63 heavy (non-hydrogen) atoms. The normalized spacial score (nSPS) is 14.0. The van der Waals surface area contributed by atoms with Crippen molar-refractivity contribution in [1.82, 2.24) is 0 Å². The second kappa shape index (κ2) is 14.0. The van der Waals surface area contributed by atoms with Crippen LogP contribution in [0.1, 0.15) is 49.9 Å². The van der Waals surface area contributed by atoms with Gasteiger partial charge in [0.2, 0.25) is 0 Å². The van der Waals surface area contributed by atoms with Gasteiger partial charge in [0.05, 0.1) is 0 Å². The molecule has 0 atom stereocenters. The van der Waals surface area contributed by atoms with Crippen LogP contribution in [0.4, 0.5) is 17.1 Å². The lowest BCUT2D eigenvalue weighted by molar-refractivity contribution is 0.660. The van der Waals surface area contributed by atoms with E-state index in [9.17, 15) is 0 Å². The topological polar surface area (TPSA) is 3.24 Å². The van der Waals surface area contributed by atoms with Crippen molar-refractivity contribution in [1.29, 1.82) is 0 Å². The Bertz CT molecular complexity index is 3420. The zero-order valence-electron chi connectivity index (χ0n) is 36.2. The summed E-state index contributed by atoms with van der Waals surface area (Å²) in [6, 6.07) is 79.0. The Morgan fingerprint density at radius 1 is 0.286 bits per heavy atom. The van der Waals surface area contributed by atoms with Crippen molar-refractivity contribution in [2.45, 2.75) is 38.5 Å². The first kappa shape index (κ1) is 37.3. The Morgan fingerprint density at radius 2 is 0.762 bits per heavy atom. The fourth-order valence-electron chi connectivity index (χ4n) is 11.1. The standard InChI is InChI=1S/C62H47N/c1-61(2)57-21-9-7-15-53(57)55-38-30-44(39-59(55)61)40-23-31-45(32-24-40)63(46-33-25-42(26-34-46)49-17-11-19-51-48-14-6-5-13-41(48)29-37-52(49)51)47-35-27-43(28-36-47)50-18-12-20-56-54-16-8-10-22-58(54)62(3,4)60(50)56/h5-39H,1-4H3. The number of rotatable bonds is 6. The number of hydrogen-bond acceptors (Lipinski definition) is 1. The van der Waals surface area contributed by atoms with Crippen LogP contribution in [0.15, 0.2) is 212 Å². The zero-order valence-corrected chi connectivity index (χ0v) is 36.2. The van der Waals surface area contributed by atoms with Crippen LogP contribution in [0.5, 0.6) is 0 Å². The molecule has 0 saturated heterocycles. The van der Waals surface area contributed by atoms with Gasteiger partial charge in [-0.05, 0) is 142 Å². The SMILES string of the molecule is CC1(C)c2ccccc2-c2ccc(-c3ccc(N(c4ccc(-c5cccc6c5C(C)(C)c5ccccc5-6)cc4)c4ccc(-c5cccc6c5ccc5ccccc56)cc4)cc3)cc21. The second-order valence-corrected chi connectivity index (χ2v) is 18.5. The summed E-state index contributed by atoms with van der Waals surface area (Å²) in [5.41, 5.74) is 21.6. The minimum atomic E-state index is -0.0908. The minimum Gasteiger partial charge on any atom is -0.311 e. The molecule has 1 nitrogen and oxygen atoms in total. The first-order chi connectivity index (χ1) is 30.8. The molecular formula is C62H47N. The van der Waals surface area contributed by atoms with Crippen LogP contribution >= 0.6 is 0 Å². The van der Waals surface area contributed by atoms with Gasteiger partial charge >= 0.3 is 0 Å². The zero-order chi connectivity index (χ0) is 42.5. The van der Waals surface area contributed by atoms with Crippen LogP contribution in [0.25, 0.3) is 77.2 Å². The van der Waals surface area contributed by atoms with E-state index >= 15 is 0 Å². The van der Waals surface area contributed by atoms with E-state index in [1.54, 1.807) is 0 Å². The predicted octanol–water partition coefficient (Wildman–Crippen LogP) is 17.1. The van der Waals surface area contributed by atoms with Gasteiger partial charge < -0.3 is 4.90 Å². The molecule has 0 amide bonds. The fourth-order valence-corrected chi connectivity index (χ4v) is 11.1. The molecule has 0 heterocycles. The number of anilines is 3. The van der Waals surface area contributed by atoms with Crippen molar-refractivity contribution in [3.63, 3.8) is 0 Å². The molecule has 0 N–H and O–H groups in total. The van der Waals surface area contributed by atoms with Gasteiger partial charge in [-0.25, -0.2) is 0 Å². The molecular weight excluding hydrogens is 759 g/mol. The van der Waals surface area contributed by atoms with Gasteiger partial charge in [0.1, 0.15) is 0 Å². The molecule has 300 valence electrons. The van der Waals surface area contributed by atoms with Crippen LogP contribution < -0.4 is 4.90 Å². The van der Waals surface area contributed by atoms with E-state index in [1.807, 2.05) is 0 Å². The predicted molar refractivity (Wildman–Crippen MR) is 268 cm³/mol. The van der Waals surface area contributed by atoms with E-state index in [1.165, 1.54) is 99.4 Å². The quantitative estimate of drug-likeness (QED) is 0.151. The minimum absolute atomic E-state index is 0.0452. The molecule has 0 spiro atoms. The average Bonchev–Trinajstić information content (AvgIpc) is 3.71. The average molecular weight is 806 g/mol. The van der Waals surface area contributed by atoms with Gasteiger partial charge in [-0.1, -0.05) is 198 Å². The first-order valence-electron chi connectivity index (χ1n) is 22.3. The van der Waals surface area contributed by atoms with E-state index in [-0.39, 0.29) is 10.8 Å². The highest BCUT2D eigenvalue weighted by molar-refractivity contribution is 6.12. The third kappa shape index (κ3) is 5.76. The molecule has 0 saturated carbocycles. The van der Waals surface area contributed by atoms with Crippen molar-refractivity contribution < 1.29 is 0 Å².